The van der Waals surface area contributed by atoms with E-state index in [2.05, 4.69) is 5.32 Å². The molecule has 1 aromatic carbocycles. The monoisotopic (exact) mass is 299 g/mol. The van der Waals surface area contributed by atoms with Crippen molar-refractivity contribution in [3.63, 3.8) is 0 Å². The van der Waals surface area contributed by atoms with Crippen molar-refractivity contribution in [1.29, 1.82) is 0 Å². The number of carbonyl (C=O) groups is 1. The molecule has 0 saturated heterocycles. The summed E-state index contributed by atoms with van der Waals surface area (Å²) in [6.45, 7) is 1.90. The van der Waals surface area contributed by atoms with Crippen LogP contribution in [0.4, 0.5) is 0 Å². The summed E-state index contributed by atoms with van der Waals surface area (Å²) >= 11 is 12.1. The summed E-state index contributed by atoms with van der Waals surface area (Å²) < 4.78 is 0. The van der Waals surface area contributed by atoms with Gasteiger partial charge >= 0.3 is 0 Å². The van der Waals surface area contributed by atoms with E-state index in [1.165, 1.54) is 6.42 Å². The number of amides is 1. The average Bonchev–Trinajstić information content (AvgIpc) is 2.43. The molecule has 0 aliphatic heterocycles. The van der Waals surface area contributed by atoms with Crippen LogP contribution in [-0.2, 0) is 0 Å². The highest BCUT2D eigenvalue weighted by Crippen LogP contribution is 2.29. The van der Waals surface area contributed by atoms with Crippen molar-refractivity contribution in [2.75, 3.05) is 5.88 Å². The summed E-state index contributed by atoms with van der Waals surface area (Å²) in [4.78, 5) is 12.3. The second-order valence-electron chi connectivity index (χ2n) is 5.39. The molecule has 1 saturated carbocycles. The van der Waals surface area contributed by atoms with Crippen LogP contribution in [0, 0.1) is 6.92 Å². The van der Waals surface area contributed by atoms with Crippen LogP contribution >= 0.6 is 23.2 Å². The highest BCUT2D eigenvalue weighted by Gasteiger charge is 2.32. The zero-order valence-electron chi connectivity index (χ0n) is 11.1. The van der Waals surface area contributed by atoms with Crippen LogP contribution in [0.15, 0.2) is 18.2 Å². The number of benzene rings is 1. The maximum atomic E-state index is 12.3. The van der Waals surface area contributed by atoms with E-state index in [4.69, 9.17) is 23.2 Å². The van der Waals surface area contributed by atoms with E-state index in [9.17, 15) is 4.79 Å². The van der Waals surface area contributed by atoms with Gasteiger partial charge in [-0.1, -0.05) is 30.9 Å². The third-order valence-corrected chi connectivity index (χ3v) is 4.80. The van der Waals surface area contributed by atoms with Crippen molar-refractivity contribution in [3.05, 3.63) is 34.3 Å². The number of nitrogens with one attached hydrogen (secondary N) is 1. The average molecular weight is 300 g/mol. The van der Waals surface area contributed by atoms with Crippen LogP contribution in [-0.4, -0.2) is 17.3 Å². The normalized spacial score (nSPS) is 18.1. The van der Waals surface area contributed by atoms with Gasteiger partial charge in [0.15, 0.2) is 0 Å². The van der Waals surface area contributed by atoms with E-state index in [-0.39, 0.29) is 11.4 Å². The molecule has 0 atom stereocenters. The molecular weight excluding hydrogens is 281 g/mol. The number of hydrogen-bond donors (Lipinski definition) is 1. The van der Waals surface area contributed by atoms with Crippen LogP contribution in [0.1, 0.15) is 48.0 Å². The van der Waals surface area contributed by atoms with E-state index >= 15 is 0 Å². The molecule has 1 amide bonds. The Kier molecular flexibility index (Phi) is 4.75. The Labute approximate surface area is 124 Å². The Morgan fingerprint density at radius 3 is 2.58 bits per heavy atom. The van der Waals surface area contributed by atoms with Crippen LogP contribution < -0.4 is 5.32 Å². The number of alkyl halides is 1. The lowest BCUT2D eigenvalue weighted by molar-refractivity contribution is 0.0884. The highest BCUT2D eigenvalue weighted by molar-refractivity contribution is 6.31. The van der Waals surface area contributed by atoms with Gasteiger partial charge in [0.25, 0.3) is 5.91 Å². The molecule has 0 aromatic heterocycles. The summed E-state index contributed by atoms with van der Waals surface area (Å²) in [5.74, 6) is 0.424. The van der Waals surface area contributed by atoms with Gasteiger partial charge < -0.3 is 5.32 Å². The fourth-order valence-electron chi connectivity index (χ4n) is 2.62. The second-order valence-corrected chi connectivity index (χ2v) is 6.07. The number of halogens is 2. The Morgan fingerprint density at radius 2 is 2.00 bits per heavy atom. The first-order chi connectivity index (χ1) is 9.06. The van der Waals surface area contributed by atoms with Gasteiger partial charge in [-0.15, -0.1) is 11.6 Å². The molecule has 0 heterocycles. The summed E-state index contributed by atoms with van der Waals surface area (Å²) in [6, 6.07) is 5.35. The van der Waals surface area contributed by atoms with Gasteiger partial charge in [-0.3, -0.25) is 4.79 Å². The molecule has 0 spiro atoms. The minimum atomic E-state index is -0.232. The first-order valence-electron chi connectivity index (χ1n) is 6.71. The third kappa shape index (κ3) is 3.43. The molecule has 104 valence electrons. The third-order valence-electron chi connectivity index (χ3n) is 3.87. The Bertz CT molecular complexity index is 467. The van der Waals surface area contributed by atoms with Crippen molar-refractivity contribution in [2.45, 2.75) is 44.6 Å². The Hall–Kier alpha value is -0.730. The van der Waals surface area contributed by atoms with Gasteiger partial charge in [0, 0.05) is 16.5 Å². The molecular formula is C15H19Cl2NO. The fraction of sp³-hybridized carbons (Fsp3) is 0.533. The number of aryl methyl sites for hydroxylation is 1. The van der Waals surface area contributed by atoms with E-state index < -0.39 is 0 Å². The van der Waals surface area contributed by atoms with E-state index in [1.807, 2.05) is 13.0 Å². The zero-order valence-corrected chi connectivity index (χ0v) is 12.7. The van der Waals surface area contributed by atoms with Gasteiger partial charge in [-0.05, 0) is 43.5 Å². The standard InChI is InChI=1S/C15H19Cl2NO/c1-11-9-12(5-6-13(11)17)14(19)18-15(10-16)7-3-2-4-8-15/h5-6,9H,2-4,7-8,10H2,1H3,(H,18,19). The Morgan fingerprint density at radius 1 is 1.32 bits per heavy atom. The molecule has 1 aromatic rings. The van der Waals surface area contributed by atoms with Crippen LogP contribution in [0.3, 0.4) is 0 Å². The maximum Gasteiger partial charge on any atom is 0.251 e. The summed E-state index contributed by atoms with van der Waals surface area (Å²) in [6.07, 6.45) is 5.43. The number of rotatable bonds is 3. The molecule has 0 bridgehead atoms. The van der Waals surface area contributed by atoms with Crippen molar-refractivity contribution in [2.24, 2.45) is 0 Å². The molecule has 0 unspecified atom stereocenters. The van der Waals surface area contributed by atoms with Crippen molar-refractivity contribution < 1.29 is 4.79 Å². The van der Waals surface area contributed by atoms with Crippen molar-refractivity contribution in [3.8, 4) is 0 Å². The first kappa shape index (κ1) is 14.7. The largest absolute Gasteiger partial charge is 0.345 e. The fourth-order valence-corrected chi connectivity index (χ4v) is 3.07. The summed E-state index contributed by atoms with van der Waals surface area (Å²) in [5, 5.41) is 3.81. The quantitative estimate of drug-likeness (QED) is 0.828. The molecule has 4 heteroatoms. The predicted octanol–water partition coefficient (Wildman–Crippen LogP) is 4.32. The van der Waals surface area contributed by atoms with Crippen LogP contribution in [0.2, 0.25) is 5.02 Å². The van der Waals surface area contributed by atoms with E-state index in [1.54, 1.807) is 12.1 Å². The minimum absolute atomic E-state index is 0.0534. The van der Waals surface area contributed by atoms with Crippen molar-refractivity contribution >= 4 is 29.1 Å². The highest BCUT2D eigenvalue weighted by atomic mass is 35.5. The molecule has 0 radical (unpaired) electrons. The predicted molar refractivity (Wildman–Crippen MR) is 80.2 cm³/mol. The molecule has 19 heavy (non-hydrogen) atoms. The van der Waals surface area contributed by atoms with Gasteiger partial charge in [-0.2, -0.15) is 0 Å². The molecule has 1 N–H and O–H groups in total. The van der Waals surface area contributed by atoms with Crippen LogP contribution in [0.5, 0.6) is 0 Å². The smallest absolute Gasteiger partial charge is 0.251 e. The first-order valence-corrected chi connectivity index (χ1v) is 7.62. The van der Waals surface area contributed by atoms with Gasteiger partial charge in [-0.25, -0.2) is 0 Å². The summed E-state index contributed by atoms with van der Waals surface area (Å²) in [7, 11) is 0. The summed E-state index contributed by atoms with van der Waals surface area (Å²) in [5.41, 5.74) is 1.33. The molecule has 1 fully saturated rings. The minimum Gasteiger partial charge on any atom is -0.345 e. The lowest BCUT2D eigenvalue weighted by atomic mass is 9.83. The van der Waals surface area contributed by atoms with Gasteiger partial charge in [0.1, 0.15) is 0 Å². The number of carbonyl (C=O) groups excluding carboxylic acids is 1. The van der Waals surface area contributed by atoms with E-state index in [0.29, 0.717) is 16.5 Å². The molecule has 2 nitrogen and oxygen atoms in total. The second kappa shape index (κ2) is 6.15. The lowest BCUT2D eigenvalue weighted by Gasteiger charge is -2.36. The maximum absolute atomic E-state index is 12.3. The topological polar surface area (TPSA) is 29.1 Å². The Balaban J connectivity index is 2.12. The molecule has 2 rings (SSSR count). The lowest BCUT2D eigenvalue weighted by Crippen LogP contribution is -2.51. The zero-order chi connectivity index (χ0) is 13.9. The van der Waals surface area contributed by atoms with Gasteiger partial charge in [0.2, 0.25) is 0 Å². The molecule has 1 aliphatic carbocycles. The van der Waals surface area contributed by atoms with Crippen molar-refractivity contribution in [1.82, 2.24) is 5.32 Å². The van der Waals surface area contributed by atoms with Gasteiger partial charge in [0.05, 0.1) is 5.54 Å². The number of hydrogen-bond acceptors (Lipinski definition) is 1. The van der Waals surface area contributed by atoms with Crippen LogP contribution in [0.25, 0.3) is 0 Å². The SMILES string of the molecule is Cc1cc(C(=O)NC2(CCl)CCCCC2)ccc1Cl. The van der Waals surface area contributed by atoms with E-state index in [0.717, 1.165) is 31.2 Å². The molecule has 1 aliphatic rings.